The number of halogens is 1. The van der Waals surface area contributed by atoms with E-state index in [0.29, 0.717) is 48.9 Å². The van der Waals surface area contributed by atoms with Gasteiger partial charge in [-0.2, -0.15) is 0 Å². The Morgan fingerprint density at radius 3 is 2.62 bits per heavy atom. The molecule has 0 bridgehead atoms. The van der Waals surface area contributed by atoms with Gasteiger partial charge in [-0.3, -0.25) is 14.4 Å². The molecule has 0 spiro atoms. The Labute approximate surface area is 246 Å². The Bertz CT molecular complexity index is 1160. The number of rotatable bonds is 7. The van der Waals surface area contributed by atoms with Gasteiger partial charge in [0.05, 0.1) is 9.83 Å². The fraction of sp³-hybridized carbons (Fsp3) is 0.719. The monoisotopic (exact) mass is 617 g/mol. The number of hydrogen-bond donors (Lipinski definition) is 1. The first-order valence-electron chi connectivity index (χ1n) is 14.9. The summed E-state index contributed by atoms with van der Waals surface area (Å²) in [6.45, 7) is 10.7. The van der Waals surface area contributed by atoms with Crippen molar-refractivity contribution in [3.05, 3.63) is 32.4 Å². The van der Waals surface area contributed by atoms with Crippen molar-refractivity contribution in [1.29, 1.82) is 0 Å². The number of carbonyl (C=O) groups is 3. The average molecular weight is 619 g/mol. The van der Waals surface area contributed by atoms with Crippen molar-refractivity contribution in [2.75, 3.05) is 0 Å². The first-order valence-corrected chi connectivity index (χ1v) is 16.5. The molecule has 7 heteroatoms. The van der Waals surface area contributed by atoms with Crippen molar-refractivity contribution in [3.63, 3.8) is 0 Å². The van der Waals surface area contributed by atoms with E-state index >= 15 is 0 Å². The van der Waals surface area contributed by atoms with E-state index in [-0.39, 0.29) is 40.6 Å². The molecule has 4 aliphatic rings. The Morgan fingerprint density at radius 1 is 1.18 bits per heavy atom. The van der Waals surface area contributed by atoms with Crippen molar-refractivity contribution in [2.45, 2.75) is 105 Å². The molecule has 3 fully saturated rings. The fourth-order valence-corrected chi connectivity index (χ4v) is 10.9. The van der Waals surface area contributed by atoms with Crippen LogP contribution in [0.25, 0.3) is 0 Å². The van der Waals surface area contributed by atoms with E-state index in [4.69, 9.17) is 4.74 Å². The molecule has 0 saturated heterocycles. The van der Waals surface area contributed by atoms with Gasteiger partial charge >= 0.3 is 5.97 Å². The predicted octanol–water partition coefficient (Wildman–Crippen LogP) is 7.79. The zero-order valence-corrected chi connectivity index (χ0v) is 26.5. The molecule has 0 aliphatic heterocycles. The van der Waals surface area contributed by atoms with Crippen LogP contribution in [0.3, 0.4) is 0 Å². The number of fused-ring (bicyclic) bond motifs is 5. The van der Waals surface area contributed by atoms with Crippen LogP contribution in [0, 0.1) is 40.4 Å². The maximum atomic E-state index is 13.2. The van der Waals surface area contributed by atoms with Crippen molar-refractivity contribution < 1.29 is 19.1 Å². The normalized spacial score (nSPS) is 37.1. The lowest BCUT2D eigenvalue weighted by atomic mass is 9.45. The molecule has 3 saturated carbocycles. The Morgan fingerprint density at radius 2 is 1.95 bits per heavy atom. The number of ether oxygens (including phenoxy) is 1. The number of esters is 1. The second-order valence-electron chi connectivity index (χ2n) is 13.3. The molecule has 1 aromatic rings. The van der Waals surface area contributed by atoms with E-state index in [9.17, 15) is 14.4 Å². The summed E-state index contributed by atoms with van der Waals surface area (Å²) in [6.07, 6.45) is 9.85. The van der Waals surface area contributed by atoms with E-state index < -0.39 is 0 Å². The highest BCUT2D eigenvalue weighted by Crippen LogP contribution is 2.68. The Hall–Kier alpha value is -1.47. The quantitative estimate of drug-likeness (QED) is 0.317. The molecule has 0 radical (unpaired) electrons. The van der Waals surface area contributed by atoms with E-state index in [2.05, 4.69) is 55.0 Å². The smallest absolute Gasteiger partial charge is 0.302 e. The van der Waals surface area contributed by atoms with Gasteiger partial charge in [-0.1, -0.05) is 33.3 Å². The van der Waals surface area contributed by atoms with Gasteiger partial charge in [0.2, 0.25) is 5.91 Å². The summed E-state index contributed by atoms with van der Waals surface area (Å²) in [5.41, 5.74) is 1.36. The molecule has 39 heavy (non-hydrogen) atoms. The summed E-state index contributed by atoms with van der Waals surface area (Å²) in [5.74, 6) is 2.12. The SMILES string of the molecule is CC[C@@H](NC(=O)C[C@@H](C)[C@H]1CC[C@H]2[C@@H]3[C@H](OC(C)=O)CC4=CC(=O)CC[C@]4(C)[C@H]3CC[C@]12C)c1ccc(Br)s1. The Balaban J connectivity index is 1.33. The number of amides is 1. The maximum Gasteiger partial charge on any atom is 0.302 e. The van der Waals surface area contributed by atoms with E-state index in [1.807, 2.05) is 12.1 Å². The lowest BCUT2D eigenvalue weighted by Gasteiger charge is -2.60. The second kappa shape index (κ2) is 11.1. The van der Waals surface area contributed by atoms with Crippen molar-refractivity contribution in [1.82, 2.24) is 5.32 Å². The molecule has 5 rings (SSSR count). The minimum Gasteiger partial charge on any atom is -0.462 e. The lowest BCUT2D eigenvalue weighted by molar-refractivity contribution is -0.166. The highest BCUT2D eigenvalue weighted by atomic mass is 79.9. The van der Waals surface area contributed by atoms with E-state index in [0.717, 1.165) is 42.3 Å². The van der Waals surface area contributed by atoms with Crippen LogP contribution in [0.1, 0.15) is 103 Å². The van der Waals surface area contributed by atoms with Crippen LogP contribution in [-0.4, -0.2) is 23.8 Å². The highest BCUT2D eigenvalue weighted by molar-refractivity contribution is 9.11. The summed E-state index contributed by atoms with van der Waals surface area (Å²) in [5, 5.41) is 3.31. The molecule has 4 aliphatic carbocycles. The highest BCUT2D eigenvalue weighted by Gasteiger charge is 2.62. The van der Waals surface area contributed by atoms with Crippen molar-refractivity contribution in [3.8, 4) is 0 Å². The molecule has 1 N–H and O–H groups in total. The molecule has 0 unspecified atom stereocenters. The largest absolute Gasteiger partial charge is 0.462 e. The molecule has 9 atom stereocenters. The summed E-state index contributed by atoms with van der Waals surface area (Å²) < 4.78 is 7.13. The molecular weight excluding hydrogens is 574 g/mol. The van der Waals surface area contributed by atoms with Crippen LogP contribution in [0.4, 0.5) is 0 Å². The van der Waals surface area contributed by atoms with Gasteiger partial charge in [-0.05, 0) is 107 Å². The van der Waals surface area contributed by atoms with Gasteiger partial charge in [-0.15, -0.1) is 11.3 Å². The van der Waals surface area contributed by atoms with Gasteiger partial charge < -0.3 is 10.1 Å². The van der Waals surface area contributed by atoms with Gasteiger partial charge in [0.25, 0.3) is 0 Å². The Kier molecular flexibility index (Phi) is 8.25. The summed E-state index contributed by atoms with van der Waals surface area (Å²) in [7, 11) is 0. The van der Waals surface area contributed by atoms with Crippen LogP contribution < -0.4 is 5.32 Å². The van der Waals surface area contributed by atoms with E-state index in [1.54, 1.807) is 11.3 Å². The third-order valence-corrected chi connectivity index (χ3v) is 13.0. The maximum absolute atomic E-state index is 13.2. The van der Waals surface area contributed by atoms with Crippen molar-refractivity contribution in [2.24, 2.45) is 40.4 Å². The van der Waals surface area contributed by atoms with Crippen LogP contribution in [-0.2, 0) is 19.1 Å². The predicted molar refractivity (Wildman–Crippen MR) is 158 cm³/mol. The van der Waals surface area contributed by atoms with Crippen LogP contribution >= 0.6 is 27.3 Å². The second-order valence-corrected chi connectivity index (χ2v) is 15.8. The van der Waals surface area contributed by atoms with Gasteiger partial charge in [0.1, 0.15) is 6.10 Å². The fourth-order valence-electron chi connectivity index (χ4n) is 9.39. The zero-order valence-electron chi connectivity index (χ0n) is 24.1. The topological polar surface area (TPSA) is 72.5 Å². The van der Waals surface area contributed by atoms with Crippen LogP contribution in [0.5, 0.6) is 0 Å². The third kappa shape index (κ3) is 5.31. The summed E-state index contributed by atoms with van der Waals surface area (Å²) >= 11 is 5.23. The van der Waals surface area contributed by atoms with Gasteiger partial charge in [-0.25, -0.2) is 0 Å². The summed E-state index contributed by atoms with van der Waals surface area (Å²) in [4.78, 5) is 39.0. The standard InChI is InChI=1S/C32H44BrNO4S/c1-6-25(27-9-10-28(33)39-27)34-29(37)15-18(2)22-7-8-23-30-24(12-14-32(22,23)5)31(4)13-11-21(36)16-20(31)17-26(30)38-19(3)35/h9-10,16,18,22-26,30H,6-8,11-15,17H2,1-5H3,(H,34,37)/t18-,22-,23+,24+,25-,26-,30+,31+,32-/m1/s1. The molecule has 214 valence electrons. The van der Waals surface area contributed by atoms with Crippen molar-refractivity contribution >= 4 is 44.9 Å². The average Bonchev–Trinajstić information content (AvgIpc) is 3.46. The molecule has 1 amide bonds. The van der Waals surface area contributed by atoms with E-state index in [1.165, 1.54) is 17.4 Å². The number of hydrogen-bond acceptors (Lipinski definition) is 5. The molecule has 1 heterocycles. The summed E-state index contributed by atoms with van der Waals surface area (Å²) in [6, 6.07) is 4.20. The molecule has 1 aromatic heterocycles. The molecule has 0 aromatic carbocycles. The molecule has 5 nitrogen and oxygen atoms in total. The minimum atomic E-state index is -0.222. The molecular formula is C32H44BrNO4S. The zero-order chi connectivity index (χ0) is 28.1. The lowest BCUT2D eigenvalue weighted by Crippen LogP contribution is -2.56. The minimum absolute atomic E-state index is 0.0199. The number of ketones is 1. The first kappa shape index (κ1) is 29.0. The number of nitrogens with one attached hydrogen (secondary N) is 1. The van der Waals surface area contributed by atoms with Crippen LogP contribution in [0.2, 0.25) is 0 Å². The van der Waals surface area contributed by atoms with Gasteiger partial charge in [0.15, 0.2) is 5.78 Å². The number of carbonyl (C=O) groups excluding carboxylic acids is 3. The van der Waals surface area contributed by atoms with Crippen LogP contribution in [0.15, 0.2) is 27.6 Å². The van der Waals surface area contributed by atoms with Gasteiger partial charge in [0, 0.05) is 37.0 Å². The third-order valence-electron chi connectivity index (χ3n) is 11.2. The first-order chi connectivity index (χ1) is 18.5. The number of thiophene rings is 1.